The van der Waals surface area contributed by atoms with E-state index < -0.39 is 0 Å². The first-order chi connectivity index (χ1) is 9.16. The summed E-state index contributed by atoms with van der Waals surface area (Å²) in [5.74, 6) is 2.71. The molecule has 4 rings (SSSR count). The summed E-state index contributed by atoms with van der Waals surface area (Å²) in [6.45, 7) is 1.91. The summed E-state index contributed by atoms with van der Waals surface area (Å²) in [5.41, 5.74) is 1.52. The van der Waals surface area contributed by atoms with Gasteiger partial charge >= 0.3 is 5.97 Å². The quantitative estimate of drug-likeness (QED) is 0.444. The predicted octanol–water partition coefficient (Wildman–Crippen LogP) is 2.68. The molecular formula is C15H19BrO3. The Labute approximate surface area is 121 Å². The van der Waals surface area contributed by atoms with E-state index in [9.17, 15) is 4.79 Å². The van der Waals surface area contributed by atoms with Gasteiger partial charge in [0.25, 0.3) is 0 Å². The van der Waals surface area contributed by atoms with Gasteiger partial charge in [0.1, 0.15) is 6.61 Å². The highest BCUT2D eigenvalue weighted by atomic mass is 79.9. The summed E-state index contributed by atoms with van der Waals surface area (Å²) in [6.07, 6.45) is 6.69. The molecule has 0 aromatic heterocycles. The molecular weight excluding hydrogens is 308 g/mol. The van der Waals surface area contributed by atoms with Gasteiger partial charge < -0.3 is 9.47 Å². The maximum atomic E-state index is 10.9. The Morgan fingerprint density at radius 2 is 2.37 bits per heavy atom. The van der Waals surface area contributed by atoms with E-state index in [4.69, 9.17) is 9.47 Å². The molecule has 0 spiro atoms. The molecule has 4 fully saturated rings. The topological polar surface area (TPSA) is 35.5 Å². The molecule has 1 saturated heterocycles. The number of halogens is 1. The second kappa shape index (κ2) is 4.32. The minimum Gasteiger partial charge on any atom is -0.462 e. The number of fused-ring (bicyclic) bond motifs is 2. The van der Waals surface area contributed by atoms with Gasteiger partial charge in [-0.05, 0) is 49.0 Å². The molecule has 19 heavy (non-hydrogen) atoms. The van der Waals surface area contributed by atoms with E-state index in [1.165, 1.54) is 18.9 Å². The van der Waals surface area contributed by atoms with Crippen molar-refractivity contribution in [2.45, 2.75) is 43.2 Å². The fourth-order valence-corrected chi connectivity index (χ4v) is 6.13. The lowest BCUT2D eigenvalue weighted by molar-refractivity contribution is -0.139. The lowest BCUT2D eigenvalue weighted by Gasteiger charge is -2.37. The zero-order valence-electron chi connectivity index (χ0n) is 11.0. The monoisotopic (exact) mass is 326 g/mol. The van der Waals surface area contributed by atoms with Crippen LogP contribution in [-0.4, -0.2) is 29.6 Å². The van der Waals surface area contributed by atoms with Crippen LogP contribution in [-0.2, 0) is 14.3 Å². The van der Waals surface area contributed by atoms with Crippen molar-refractivity contribution in [1.82, 2.24) is 0 Å². The Balaban J connectivity index is 1.58. The summed E-state index contributed by atoms with van der Waals surface area (Å²) in [4.78, 5) is 11.4. The van der Waals surface area contributed by atoms with Crippen LogP contribution < -0.4 is 0 Å². The van der Waals surface area contributed by atoms with Crippen molar-refractivity contribution in [3.05, 3.63) is 11.6 Å². The molecule has 0 aromatic carbocycles. The molecule has 104 valence electrons. The van der Waals surface area contributed by atoms with E-state index in [2.05, 4.69) is 22.0 Å². The maximum Gasteiger partial charge on any atom is 0.302 e. The summed E-state index contributed by atoms with van der Waals surface area (Å²) >= 11 is 3.87. The highest BCUT2D eigenvalue weighted by molar-refractivity contribution is 9.09. The van der Waals surface area contributed by atoms with Gasteiger partial charge in [-0.2, -0.15) is 0 Å². The number of ether oxygens (including phenoxy) is 2. The van der Waals surface area contributed by atoms with Crippen LogP contribution >= 0.6 is 15.9 Å². The van der Waals surface area contributed by atoms with Gasteiger partial charge in [-0.1, -0.05) is 21.5 Å². The van der Waals surface area contributed by atoms with Gasteiger partial charge in [0.2, 0.25) is 0 Å². The molecule has 0 unspecified atom stereocenters. The highest BCUT2D eigenvalue weighted by Crippen LogP contribution is 2.65. The Hall–Kier alpha value is -0.350. The second-order valence-electron chi connectivity index (χ2n) is 6.37. The summed E-state index contributed by atoms with van der Waals surface area (Å²) < 4.78 is 11.3. The van der Waals surface area contributed by atoms with Crippen LogP contribution in [0.2, 0.25) is 0 Å². The standard InChI is InChI=1S/C15H19BrO3/c1-7(17)18-5-4-8-2-3-11-13-10-6-9(12(8)13)14(16)15(10)19-11/h4,9-15H,2-3,5-6H2,1H3/b8-4+/t9-,10+,11-,12-,13-,14-,15-/m1/s1. The zero-order valence-corrected chi connectivity index (χ0v) is 12.6. The highest BCUT2D eigenvalue weighted by Gasteiger charge is 2.66. The van der Waals surface area contributed by atoms with E-state index in [0.29, 0.717) is 29.6 Å². The van der Waals surface area contributed by atoms with Crippen molar-refractivity contribution < 1.29 is 14.3 Å². The smallest absolute Gasteiger partial charge is 0.302 e. The van der Waals surface area contributed by atoms with Gasteiger partial charge in [-0.15, -0.1) is 0 Å². The van der Waals surface area contributed by atoms with Crippen molar-refractivity contribution >= 4 is 21.9 Å². The van der Waals surface area contributed by atoms with Gasteiger partial charge in [-0.25, -0.2) is 0 Å². The lowest BCUT2D eigenvalue weighted by Crippen LogP contribution is -2.37. The fourth-order valence-electron chi connectivity index (χ4n) is 5.07. The number of esters is 1. The van der Waals surface area contributed by atoms with Crippen LogP contribution in [0.3, 0.4) is 0 Å². The van der Waals surface area contributed by atoms with Crippen molar-refractivity contribution in [2.75, 3.05) is 6.61 Å². The number of allylic oxidation sites excluding steroid dienone is 1. The zero-order chi connectivity index (χ0) is 13.1. The molecule has 4 aliphatic rings. The van der Waals surface area contributed by atoms with Gasteiger partial charge in [0.15, 0.2) is 0 Å². The van der Waals surface area contributed by atoms with Crippen LogP contribution in [0.1, 0.15) is 26.2 Å². The molecule has 0 amide bonds. The molecule has 2 bridgehead atoms. The fraction of sp³-hybridized carbons (Fsp3) is 0.800. The largest absolute Gasteiger partial charge is 0.462 e. The third-order valence-corrected chi connectivity index (χ3v) is 6.80. The Morgan fingerprint density at radius 1 is 1.53 bits per heavy atom. The average molecular weight is 327 g/mol. The molecule has 4 heteroatoms. The molecule has 3 aliphatic carbocycles. The number of hydrogen-bond acceptors (Lipinski definition) is 3. The van der Waals surface area contributed by atoms with Crippen molar-refractivity contribution in [3.8, 4) is 0 Å². The van der Waals surface area contributed by atoms with Crippen LogP contribution in [0.4, 0.5) is 0 Å². The van der Waals surface area contributed by atoms with Crippen molar-refractivity contribution in [3.63, 3.8) is 0 Å². The Morgan fingerprint density at radius 3 is 3.16 bits per heavy atom. The van der Waals surface area contributed by atoms with Gasteiger partial charge in [0, 0.05) is 11.8 Å². The molecule has 1 heterocycles. The van der Waals surface area contributed by atoms with E-state index >= 15 is 0 Å². The summed E-state index contributed by atoms with van der Waals surface area (Å²) in [6, 6.07) is 0. The molecule has 7 atom stereocenters. The average Bonchev–Trinajstić information content (AvgIpc) is 2.98. The molecule has 3 saturated carbocycles. The molecule has 0 aromatic rings. The van der Waals surface area contributed by atoms with E-state index in [-0.39, 0.29) is 5.97 Å². The lowest BCUT2D eigenvalue weighted by atomic mass is 9.68. The van der Waals surface area contributed by atoms with Crippen LogP contribution in [0.25, 0.3) is 0 Å². The normalized spacial score (nSPS) is 51.9. The number of carbonyl (C=O) groups is 1. The van der Waals surface area contributed by atoms with Crippen LogP contribution in [0.5, 0.6) is 0 Å². The first-order valence-corrected chi connectivity index (χ1v) is 8.20. The van der Waals surface area contributed by atoms with E-state index in [1.54, 1.807) is 0 Å². The number of alkyl halides is 1. The summed E-state index contributed by atoms with van der Waals surface area (Å²) in [5, 5.41) is 0. The van der Waals surface area contributed by atoms with Crippen LogP contribution in [0.15, 0.2) is 11.6 Å². The minimum absolute atomic E-state index is 0.193. The van der Waals surface area contributed by atoms with Crippen molar-refractivity contribution in [2.24, 2.45) is 23.7 Å². The first kappa shape index (κ1) is 12.4. The van der Waals surface area contributed by atoms with Gasteiger partial charge in [-0.3, -0.25) is 4.79 Å². The first-order valence-electron chi connectivity index (χ1n) is 7.28. The molecule has 3 nitrogen and oxygen atoms in total. The molecule has 0 N–H and O–H groups in total. The van der Waals surface area contributed by atoms with Gasteiger partial charge in [0.05, 0.1) is 12.2 Å². The van der Waals surface area contributed by atoms with Crippen LogP contribution in [0, 0.1) is 23.7 Å². The molecule has 1 aliphatic heterocycles. The van der Waals surface area contributed by atoms with Crippen molar-refractivity contribution in [1.29, 1.82) is 0 Å². The van der Waals surface area contributed by atoms with E-state index in [1.807, 2.05) is 0 Å². The Kier molecular flexibility index (Phi) is 2.82. The number of rotatable bonds is 2. The predicted molar refractivity (Wildman–Crippen MR) is 73.9 cm³/mol. The minimum atomic E-state index is -0.193. The Bertz CT molecular complexity index is 447. The summed E-state index contributed by atoms with van der Waals surface area (Å²) in [7, 11) is 0. The van der Waals surface area contributed by atoms with E-state index in [0.717, 1.165) is 30.6 Å². The molecule has 0 radical (unpaired) electrons. The second-order valence-corrected chi connectivity index (χ2v) is 7.43. The third kappa shape index (κ3) is 1.69. The third-order valence-electron chi connectivity index (χ3n) is 5.60. The number of hydrogen-bond donors (Lipinski definition) is 0. The maximum absolute atomic E-state index is 10.9. The SMILES string of the molecule is CC(=O)OC/C=C1\CC[C@H]2O[C@H]3[C@H](Br)[C@@H]4C[C@H]3[C@H]2[C@H]14. The number of carbonyl (C=O) groups excluding carboxylic acids is 1.